The molecule has 0 N–H and O–H groups in total. The van der Waals surface area contributed by atoms with E-state index in [4.69, 9.17) is 0 Å². The van der Waals surface area contributed by atoms with Crippen LogP contribution >= 0.6 is 0 Å². The summed E-state index contributed by atoms with van der Waals surface area (Å²) in [5.74, 6) is -0.0887. The minimum atomic E-state index is -0.0887. The molecule has 0 saturated heterocycles. The van der Waals surface area contributed by atoms with Crippen LogP contribution < -0.4 is 4.90 Å². The fraction of sp³-hybridized carbons (Fsp3) is 0.250. The van der Waals surface area contributed by atoms with Crippen LogP contribution in [-0.2, 0) is 11.2 Å². The number of hydrogen-bond donors (Lipinski definition) is 0. The molecule has 0 unspecified atom stereocenters. The minimum absolute atomic E-state index is 0.0887. The topological polar surface area (TPSA) is 20.3 Å². The summed E-state index contributed by atoms with van der Waals surface area (Å²) in [6, 6.07) is 7.95. The van der Waals surface area contributed by atoms with Gasteiger partial charge < -0.3 is 4.90 Å². The highest BCUT2D eigenvalue weighted by Gasteiger charge is 2.05. The van der Waals surface area contributed by atoms with Crippen LogP contribution in [0.3, 0.4) is 0 Å². The third kappa shape index (κ3) is 2.22. The number of benzene rings is 1. The van der Waals surface area contributed by atoms with Gasteiger partial charge in [0.25, 0.3) is 0 Å². The summed E-state index contributed by atoms with van der Waals surface area (Å²) in [7, 11) is 1.74. The summed E-state index contributed by atoms with van der Waals surface area (Å²) in [6.45, 7) is 5.55. The zero-order valence-electron chi connectivity index (χ0n) is 8.66. The lowest BCUT2D eigenvalue weighted by atomic mass is 10.1. The molecule has 1 aromatic carbocycles. The lowest BCUT2D eigenvalue weighted by Gasteiger charge is -2.15. The van der Waals surface area contributed by atoms with Gasteiger partial charge in [0.15, 0.2) is 0 Å². The van der Waals surface area contributed by atoms with Crippen molar-refractivity contribution in [3.63, 3.8) is 0 Å². The summed E-state index contributed by atoms with van der Waals surface area (Å²) in [5, 5.41) is 0. The van der Waals surface area contributed by atoms with Gasteiger partial charge in [-0.3, -0.25) is 4.79 Å². The van der Waals surface area contributed by atoms with Crippen LogP contribution in [0.25, 0.3) is 0 Å². The maximum Gasteiger partial charge on any atom is 0.250 e. The van der Waals surface area contributed by atoms with Gasteiger partial charge in [0.1, 0.15) is 0 Å². The van der Waals surface area contributed by atoms with Crippen LogP contribution in [-0.4, -0.2) is 13.0 Å². The molecular weight excluding hydrogens is 174 g/mol. The Morgan fingerprint density at radius 3 is 2.43 bits per heavy atom. The van der Waals surface area contributed by atoms with E-state index in [1.54, 1.807) is 11.9 Å². The van der Waals surface area contributed by atoms with E-state index in [1.807, 2.05) is 24.3 Å². The molecule has 0 aliphatic rings. The van der Waals surface area contributed by atoms with Crippen molar-refractivity contribution in [3.8, 4) is 0 Å². The summed E-state index contributed by atoms with van der Waals surface area (Å²) in [5.41, 5.74) is 2.17. The van der Waals surface area contributed by atoms with Crippen LogP contribution in [0, 0.1) is 0 Å². The highest BCUT2D eigenvalue weighted by Crippen LogP contribution is 2.14. The monoisotopic (exact) mass is 189 g/mol. The molecule has 1 rings (SSSR count). The first kappa shape index (κ1) is 10.5. The molecule has 2 nitrogen and oxygen atoms in total. The fourth-order valence-corrected chi connectivity index (χ4v) is 1.22. The summed E-state index contributed by atoms with van der Waals surface area (Å²) < 4.78 is 0. The maximum absolute atomic E-state index is 11.3. The molecule has 0 spiro atoms. The van der Waals surface area contributed by atoms with Crippen LogP contribution in [0.5, 0.6) is 0 Å². The average molecular weight is 189 g/mol. The number of rotatable bonds is 3. The second kappa shape index (κ2) is 4.61. The normalized spacial score (nSPS) is 9.57. The molecule has 74 valence electrons. The van der Waals surface area contributed by atoms with Crippen molar-refractivity contribution >= 4 is 11.6 Å². The third-order valence-electron chi connectivity index (χ3n) is 2.24. The van der Waals surface area contributed by atoms with E-state index in [1.165, 1.54) is 11.6 Å². The predicted molar refractivity (Wildman–Crippen MR) is 59.4 cm³/mol. The van der Waals surface area contributed by atoms with E-state index in [2.05, 4.69) is 13.5 Å². The first-order valence-electron chi connectivity index (χ1n) is 4.68. The number of nitrogens with zero attached hydrogens (tertiary/aromatic N) is 1. The van der Waals surface area contributed by atoms with Crippen LogP contribution in [0.4, 0.5) is 5.69 Å². The van der Waals surface area contributed by atoms with Gasteiger partial charge in [-0.05, 0) is 30.2 Å². The van der Waals surface area contributed by atoms with E-state index >= 15 is 0 Å². The van der Waals surface area contributed by atoms with Gasteiger partial charge >= 0.3 is 0 Å². The summed E-state index contributed by atoms with van der Waals surface area (Å²) >= 11 is 0. The Bertz CT molecular complexity index is 327. The van der Waals surface area contributed by atoms with E-state index < -0.39 is 0 Å². The van der Waals surface area contributed by atoms with Gasteiger partial charge in [0.2, 0.25) is 5.91 Å². The molecule has 0 saturated carbocycles. The van der Waals surface area contributed by atoms with Crippen LogP contribution in [0.15, 0.2) is 36.9 Å². The Kier molecular flexibility index (Phi) is 3.46. The molecular formula is C12H15NO. The highest BCUT2D eigenvalue weighted by atomic mass is 16.2. The molecule has 2 heteroatoms. The number of carbonyl (C=O) groups is 1. The van der Waals surface area contributed by atoms with Gasteiger partial charge in [-0.25, -0.2) is 0 Å². The molecule has 0 radical (unpaired) electrons. The summed E-state index contributed by atoms with van der Waals surface area (Å²) in [4.78, 5) is 12.9. The van der Waals surface area contributed by atoms with Crippen molar-refractivity contribution in [2.45, 2.75) is 13.3 Å². The molecule has 1 aromatic rings. The van der Waals surface area contributed by atoms with Gasteiger partial charge in [0.05, 0.1) is 0 Å². The number of aryl methyl sites for hydroxylation is 1. The van der Waals surface area contributed by atoms with Gasteiger partial charge in [-0.1, -0.05) is 25.6 Å². The van der Waals surface area contributed by atoms with Crippen LogP contribution in [0.1, 0.15) is 12.5 Å². The van der Waals surface area contributed by atoms with Crippen LogP contribution in [0.2, 0.25) is 0 Å². The molecule has 0 heterocycles. The van der Waals surface area contributed by atoms with Gasteiger partial charge in [0, 0.05) is 12.7 Å². The average Bonchev–Trinajstić information content (AvgIpc) is 2.27. The SMILES string of the molecule is C=CC(=O)N(C)c1ccc(CC)cc1. The van der Waals surface area contributed by atoms with E-state index in [0.717, 1.165) is 12.1 Å². The predicted octanol–water partition coefficient (Wildman–Crippen LogP) is 2.40. The minimum Gasteiger partial charge on any atom is -0.312 e. The van der Waals surface area contributed by atoms with E-state index in [0.29, 0.717) is 0 Å². The third-order valence-corrected chi connectivity index (χ3v) is 2.24. The van der Waals surface area contributed by atoms with Crippen molar-refractivity contribution < 1.29 is 4.79 Å². The Balaban J connectivity index is 2.86. The Hall–Kier alpha value is -1.57. The zero-order chi connectivity index (χ0) is 10.6. The maximum atomic E-state index is 11.3. The number of hydrogen-bond acceptors (Lipinski definition) is 1. The van der Waals surface area contributed by atoms with Crippen molar-refractivity contribution in [2.75, 3.05) is 11.9 Å². The number of likely N-dealkylation sites (N-methyl/N-ethyl adjacent to an activating group) is 1. The number of amides is 1. The Labute approximate surface area is 84.9 Å². The smallest absolute Gasteiger partial charge is 0.250 e. The molecule has 0 atom stereocenters. The fourth-order valence-electron chi connectivity index (χ4n) is 1.22. The largest absolute Gasteiger partial charge is 0.312 e. The van der Waals surface area contributed by atoms with E-state index in [9.17, 15) is 4.79 Å². The first-order chi connectivity index (χ1) is 6.69. The second-order valence-corrected chi connectivity index (χ2v) is 3.12. The van der Waals surface area contributed by atoms with Gasteiger partial charge in [-0.15, -0.1) is 0 Å². The molecule has 0 aliphatic heterocycles. The molecule has 0 aliphatic carbocycles. The van der Waals surface area contributed by atoms with Crippen molar-refractivity contribution in [3.05, 3.63) is 42.5 Å². The lowest BCUT2D eigenvalue weighted by molar-refractivity contribution is -0.113. The molecule has 1 amide bonds. The first-order valence-corrected chi connectivity index (χ1v) is 4.68. The molecule has 0 bridgehead atoms. The molecule has 0 fully saturated rings. The molecule has 0 aromatic heterocycles. The quantitative estimate of drug-likeness (QED) is 0.668. The Morgan fingerprint density at radius 1 is 1.43 bits per heavy atom. The zero-order valence-corrected chi connectivity index (χ0v) is 8.66. The standard InChI is InChI=1S/C12H15NO/c1-4-10-6-8-11(9-7-10)13(3)12(14)5-2/h5-9H,2,4H2,1,3H3. The van der Waals surface area contributed by atoms with Crippen molar-refractivity contribution in [2.24, 2.45) is 0 Å². The van der Waals surface area contributed by atoms with Crippen molar-refractivity contribution in [1.29, 1.82) is 0 Å². The molecule has 14 heavy (non-hydrogen) atoms. The highest BCUT2D eigenvalue weighted by molar-refractivity contribution is 6.00. The second-order valence-electron chi connectivity index (χ2n) is 3.12. The number of carbonyl (C=O) groups excluding carboxylic acids is 1. The lowest BCUT2D eigenvalue weighted by Crippen LogP contribution is -2.23. The number of anilines is 1. The van der Waals surface area contributed by atoms with Gasteiger partial charge in [-0.2, -0.15) is 0 Å². The summed E-state index contributed by atoms with van der Waals surface area (Å²) in [6.07, 6.45) is 2.33. The van der Waals surface area contributed by atoms with E-state index in [-0.39, 0.29) is 5.91 Å². The van der Waals surface area contributed by atoms with Crippen molar-refractivity contribution in [1.82, 2.24) is 0 Å². The Morgan fingerprint density at radius 2 is 2.00 bits per heavy atom.